The average Bonchev–Trinajstić information content (AvgIpc) is 2.88. The van der Waals surface area contributed by atoms with Crippen LogP contribution in [-0.2, 0) is 0 Å². The molecule has 0 spiro atoms. The molecule has 0 radical (unpaired) electrons. The smallest absolute Gasteiger partial charge is 0.242 e. The van der Waals surface area contributed by atoms with Crippen LogP contribution in [0.1, 0.15) is 23.4 Å². The fourth-order valence-corrected chi connectivity index (χ4v) is 3.32. The lowest BCUT2D eigenvalue weighted by atomic mass is 10.1. The second kappa shape index (κ2) is 6.37. The summed E-state index contributed by atoms with van der Waals surface area (Å²) in [6.45, 7) is 8.70. The zero-order valence-corrected chi connectivity index (χ0v) is 14.3. The van der Waals surface area contributed by atoms with Gasteiger partial charge in [0.1, 0.15) is 5.75 Å². The third-order valence-electron chi connectivity index (χ3n) is 2.75. The van der Waals surface area contributed by atoms with E-state index in [2.05, 4.69) is 49.1 Å². The maximum atomic E-state index is 6.16. The van der Waals surface area contributed by atoms with Gasteiger partial charge in [0.25, 0.3) is 0 Å². The van der Waals surface area contributed by atoms with Crippen molar-refractivity contribution in [2.24, 2.45) is 4.99 Å². The molecule has 0 aliphatic rings. The van der Waals surface area contributed by atoms with Gasteiger partial charge in [0.15, 0.2) is 0 Å². The third-order valence-corrected chi connectivity index (χ3v) is 4.39. The third kappa shape index (κ3) is 4.32. The summed E-state index contributed by atoms with van der Waals surface area (Å²) in [7, 11) is -1.60. The van der Waals surface area contributed by atoms with E-state index >= 15 is 0 Å². The van der Waals surface area contributed by atoms with Crippen LogP contribution in [0, 0.1) is 0 Å². The predicted octanol–water partition coefficient (Wildman–Crippen LogP) is 5.14. The number of benzene rings is 1. The van der Waals surface area contributed by atoms with Gasteiger partial charge in [-0.25, -0.2) is 0 Å². The number of aliphatic imine (C=N–C) groups is 1. The highest BCUT2D eigenvalue weighted by atomic mass is 32.1. The standard InChI is InChI=1S/C16H21NOSSi/c1-13(17-12-14-8-7-11-19-14)15-9-5-6-10-16(15)18-20(2,3)4/h5-13H,1-4H3. The lowest BCUT2D eigenvalue weighted by Crippen LogP contribution is -2.29. The first-order valence-electron chi connectivity index (χ1n) is 6.80. The molecule has 106 valence electrons. The Morgan fingerprint density at radius 2 is 1.90 bits per heavy atom. The molecule has 1 unspecified atom stereocenters. The molecule has 0 saturated carbocycles. The van der Waals surface area contributed by atoms with Gasteiger partial charge in [-0.3, -0.25) is 4.99 Å². The first-order valence-corrected chi connectivity index (χ1v) is 11.1. The molecule has 1 aromatic heterocycles. The van der Waals surface area contributed by atoms with E-state index in [9.17, 15) is 0 Å². The van der Waals surface area contributed by atoms with Crippen molar-refractivity contribution in [3.63, 3.8) is 0 Å². The number of nitrogens with zero attached hydrogens (tertiary/aromatic N) is 1. The maximum Gasteiger partial charge on any atom is 0.242 e. The van der Waals surface area contributed by atoms with E-state index in [0.29, 0.717) is 0 Å². The monoisotopic (exact) mass is 303 g/mol. The first-order chi connectivity index (χ1) is 9.46. The molecule has 0 N–H and O–H groups in total. The molecular weight excluding hydrogens is 282 g/mol. The Hall–Kier alpha value is -1.39. The normalized spacial score (nSPS) is 13.6. The Morgan fingerprint density at radius 1 is 1.15 bits per heavy atom. The summed E-state index contributed by atoms with van der Waals surface area (Å²) in [5.74, 6) is 0.975. The summed E-state index contributed by atoms with van der Waals surface area (Å²) in [5, 5.41) is 2.06. The highest BCUT2D eigenvalue weighted by Crippen LogP contribution is 2.29. The van der Waals surface area contributed by atoms with Gasteiger partial charge in [-0.2, -0.15) is 0 Å². The predicted molar refractivity (Wildman–Crippen MR) is 90.7 cm³/mol. The van der Waals surface area contributed by atoms with Crippen LogP contribution < -0.4 is 4.43 Å². The molecule has 1 heterocycles. The van der Waals surface area contributed by atoms with E-state index in [-0.39, 0.29) is 6.04 Å². The Kier molecular flexibility index (Phi) is 4.78. The molecule has 20 heavy (non-hydrogen) atoms. The molecule has 2 nitrogen and oxygen atoms in total. The fraction of sp³-hybridized carbons (Fsp3) is 0.312. The highest BCUT2D eigenvalue weighted by Gasteiger charge is 2.19. The van der Waals surface area contributed by atoms with E-state index in [1.54, 1.807) is 11.3 Å². The maximum absolute atomic E-state index is 6.16. The summed E-state index contributed by atoms with van der Waals surface area (Å²) in [6, 6.07) is 12.4. The van der Waals surface area contributed by atoms with Crippen LogP contribution in [0.15, 0.2) is 46.8 Å². The number of hydrogen-bond donors (Lipinski definition) is 0. The van der Waals surface area contributed by atoms with Crippen molar-refractivity contribution >= 4 is 25.9 Å². The van der Waals surface area contributed by atoms with Crippen molar-refractivity contribution in [3.05, 3.63) is 52.2 Å². The fourth-order valence-electron chi connectivity index (χ4n) is 1.88. The minimum absolute atomic E-state index is 0.102. The second-order valence-corrected chi connectivity index (χ2v) is 11.1. The molecule has 1 atom stereocenters. The Labute approximate surface area is 126 Å². The lowest BCUT2D eigenvalue weighted by molar-refractivity contribution is 0.543. The molecule has 0 aliphatic carbocycles. The summed E-state index contributed by atoms with van der Waals surface area (Å²) in [6.07, 6.45) is 1.95. The van der Waals surface area contributed by atoms with Gasteiger partial charge < -0.3 is 4.43 Å². The van der Waals surface area contributed by atoms with Crippen molar-refractivity contribution in [1.29, 1.82) is 0 Å². The highest BCUT2D eigenvalue weighted by molar-refractivity contribution is 7.11. The van der Waals surface area contributed by atoms with Crippen LogP contribution in [-0.4, -0.2) is 14.5 Å². The average molecular weight is 304 g/mol. The van der Waals surface area contributed by atoms with Crippen molar-refractivity contribution in [1.82, 2.24) is 0 Å². The topological polar surface area (TPSA) is 21.6 Å². The van der Waals surface area contributed by atoms with Gasteiger partial charge >= 0.3 is 0 Å². The minimum atomic E-state index is -1.60. The Bertz CT molecular complexity index is 572. The second-order valence-electron chi connectivity index (χ2n) is 5.72. The lowest BCUT2D eigenvalue weighted by Gasteiger charge is -2.22. The van der Waals surface area contributed by atoms with Crippen LogP contribution in [0.2, 0.25) is 19.6 Å². The molecule has 0 bridgehead atoms. The van der Waals surface area contributed by atoms with Gasteiger partial charge in [-0.05, 0) is 44.1 Å². The summed E-state index contributed by atoms with van der Waals surface area (Å²) in [5.41, 5.74) is 1.16. The molecule has 1 aromatic carbocycles. The first kappa shape index (κ1) is 15.0. The quantitative estimate of drug-likeness (QED) is 0.553. The zero-order valence-electron chi connectivity index (χ0n) is 12.5. The van der Waals surface area contributed by atoms with E-state index in [1.807, 2.05) is 30.5 Å². The van der Waals surface area contributed by atoms with E-state index in [4.69, 9.17) is 4.43 Å². The molecule has 2 rings (SSSR count). The number of hydrogen-bond acceptors (Lipinski definition) is 3. The molecule has 4 heteroatoms. The Balaban J connectivity index is 2.19. The van der Waals surface area contributed by atoms with Gasteiger partial charge in [-0.15, -0.1) is 11.3 Å². The molecule has 2 aromatic rings. The van der Waals surface area contributed by atoms with E-state index in [0.717, 1.165) is 11.3 Å². The molecule has 0 amide bonds. The van der Waals surface area contributed by atoms with Gasteiger partial charge in [-0.1, -0.05) is 24.3 Å². The van der Waals surface area contributed by atoms with Crippen molar-refractivity contribution in [3.8, 4) is 5.75 Å². The van der Waals surface area contributed by atoms with Crippen LogP contribution in [0.25, 0.3) is 0 Å². The SMILES string of the molecule is CC(N=Cc1cccs1)c1ccccc1O[Si](C)(C)C. The largest absolute Gasteiger partial charge is 0.544 e. The van der Waals surface area contributed by atoms with Gasteiger partial charge in [0.05, 0.1) is 6.04 Å². The molecule has 0 aliphatic heterocycles. The summed E-state index contributed by atoms with van der Waals surface area (Å²) >= 11 is 1.70. The van der Waals surface area contributed by atoms with Crippen molar-refractivity contribution in [2.75, 3.05) is 0 Å². The van der Waals surface area contributed by atoms with Gasteiger partial charge in [0, 0.05) is 16.7 Å². The zero-order chi connectivity index (χ0) is 14.6. The van der Waals surface area contributed by atoms with Crippen LogP contribution >= 0.6 is 11.3 Å². The van der Waals surface area contributed by atoms with Crippen LogP contribution in [0.4, 0.5) is 0 Å². The van der Waals surface area contributed by atoms with Crippen molar-refractivity contribution in [2.45, 2.75) is 32.6 Å². The van der Waals surface area contributed by atoms with Crippen LogP contribution in [0.5, 0.6) is 5.75 Å². The van der Waals surface area contributed by atoms with Crippen LogP contribution in [0.3, 0.4) is 0 Å². The van der Waals surface area contributed by atoms with E-state index in [1.165, 1.54) is 4.88 Å². The molecular formula is C16H21NOSSi. The number of thiophene rings is 1. The van der Waals surface area contributed by atoms with Gasteiger partial charge in [0.2, 0.25) is 8.32 Å². The molecule has 0 saturated heterocycles. The summed E-state index contributed by atoms with van der Waals surface area (Å²) in [4.78, 5) is 5.83. The number of para-hydroxylation sites is 1. The van der Waals surface area contributed by atoms with Crippen molar-refractivity contribution < 1.29 is 4.43 Å². The summed E-state index contributed by atoms with van der Waals surface area (Å²) < 4.78 is 6.16. The Morgan fingerprint density at radius 3 is 2.55 bits per heavy atom. The van der Waals surface area contributed by atoms with E-state index < -0.39 is 8.32 Å². The molecule has 0 fully saturated rings. The minimum Gasteiger partial charge on any atom is -0.544 e. The number of rotatable bonds is 5.